The lowest BCUT2D eigenvalue weighted by atomic mass is 10.1. The molecule has 0 aliphatic carbocycles. The molecule has 5 nitrogen and oxygen atoms in total. The summed E-state index contributed by atoms with van der Waals surface area (Å²) in [6.07, 6.45) is 5.73. The third-order valence-electron chi connectivity index (χ3n) is 5.04. The second kappa shape index (κ2) is 7.99. The van der Waals surface area contributed by atoms with E-state index in [4.69, 9.17) is 9.47 Å². The first-order valence-corrected chi connectivity index (χ1v) is 8.98. The van der Waals surface area contributed by atoms with Crippen LogP contribution in [0.1, 0.15) is 37.7 Å². The molecule has 0 aromatic heterocycles. The molecule has 2 heterocycles. The zero-order chi connectivity index (χ0) is 16.9. The molecule has 132 valence electrons. The summed E-state index contributed by atoms with van der Waals surface area (Å²) in [6, 6.07) is 5.80. The van der Waals surface area contributed by atoms with Crippen molar-refractivity contribution in [2.45, 2.75) is 51.2 Å². The topological polar surface area (TPSA) is 50.8 Å². The van der Waals surface area contributed by atoms with Crippen LogP contribution in [0.15, 0.2) is 18.2 Å². The summed E-state index contributed by atoms with van der Waals surface area (Å²) >= 11 is 0. The van der Waals surface area contributed by atoms with Crippen LogP contribution in [-0.4, -0.2) is 49.8 Å². The highest BCUT2D eigenvalue weighted by Crippen LogP contribution is 2.27. The van der Waals surface area contributed by atoms with Crippen molar-refractivity contribution < 1.29 is 14.3 Å². The van der Waals surface area contributed by atoms with E-state index in [0.717, 1.165) is 56.6 Å². The van der Waals surface area contributed by atoms with Crippen molar-refractivity contribution in [3.63, 3.8) is 0 Å². The Hall–Kier alpha value is -1.59. The highest BCUT2D eigenvalue weighted by Gasteiger charge is 2.31. The Morgan fingerprint density at radius 3 is 3.00 bits per heavy atom. The average molecular weight is 332 g/mol. The molecule has 1 aromatic rings. The highest BCUT2D eigenvalue weighted by atomic mass is 16.5. The molecule has 0 saturated carbocycles. The summed E-state index contributed by atoms with van der Waals surface area (Å²) < 4.78 is 11.1. The fourth-order valence-corrected chi connectivity index (χ4v) is 3.71. The van der Waals surface area contributed by atoms with Gasteiger partial charge in [0, 0.05) is 13.2 Å². The standard InChI is InChI=1S/C19H28N2O3/c1-14-7-8-18(23-2)16(13-14)20-19(22)17-6-3-10-21(17)11-9-15-5-4-12-24-15/h7-8,13,15,17H,3-6,9-12H2,1-2H3,(H,20,22)/t15-,17-/m0/s1. The predicted octanol–water partition coefficient (Wildman–Crippen LogP) is 2.98. The van der Waals surface area contributed by atoms with Gasteiger partial charge in [0.25, 0.3) is 0 Å². The molecular weight excluding hydrogens is 304 g/mol. The van der Waals surface area contributed by atoms with Gasteiger partial charge in [-0.2, -0.15) is 0 Å². The Balaban J connectivity index is 1.59. The summed E-state index contributed by atoms with van der Waals surface area (Å²) in [5.74, 6) is 0.779. The summed E-state index contributed by atoms with van der Waals surface area (Å²) in [7, 11) is 1.63. The summed E-state index contributed by atoms with van der Waals surface area (Å²) in [5, 5.41) is 3.07. The maximum Gasteiger partial charge on any atom is 0.241 e. The Labute approximate surface area is 144 Å². The molecule has 1 amide bonds. The maximum absolute atomic E-state index is 12.8. The van der Waals surface area contributed by atoms with Gasteiger partial charge in [-0.1, -0.05) is 6.07 Å². The van der Waals surface area contributed by atoms with Crippen molar-refractivity contribution in [3.05, 3.63) is 23.8 Å². The Bertz CT molecular complexity index is 570. The van der Waals surface area contributed by atoms with E-state index in [1.54, 1.807) is 7.11 Å². The third-order valence-corrected chi connectivity index (χ3v) is 5.04. The molecule has 2 atom stereocenters. The molecule has 24 heavy (non-hydrogen) atoms. The smallest absolute Gasteiger partial charge is 0.241 e. The van der Waals surface area contributed by atoms with Crippen LogP contribution in [0, 0.1) is 6.92 Å². The quantitative estimate of drug-likeness (QED) is 0.870. The third kappa shape index (κ3) is 4.08. The molecule has 5 heteroatoms. The molecule has 0 unspecified atom stereocenters. The van der Waals surface area contributed by atoms with Gasteiger partial charge in [-0.3, -0.25) is 9.69 Å². The van der Waals surface area contributed by atoms with Crippen LogP contribution in [0.5, 0.6) is 5.75 Å². The van der Waals surface area contributed by atoms with Crippen LogP contribution in [0.2, 0.25) is 0 Å². The number of hydrogen-bond donors (Lipinski definition) is 1. The lowest BCUT2D eigenvalue weighted by Gasteiger charge is -2.25. The van der Waals surface area contributed by atoms with Gasteiger partial charge in [0.1, 0.15) is 5.75 Å². The second-order valence-electron chi connectivity index (χ2n) is 6.81. The number of carbonyl (C=O) groups excluding carboxylic acids is 1. The van der Waals surface area contributed by atoms with Crippen LogP contribution in [-0.2, 0) is 9.53 Å². The number of anilines is 1. The van der Waals surface area contributed by atoms with E-state index in [1.807, 2.05) is 25.1 Å². The molecule has 2 fully saturated rings. The number of nitrogens with one attached hydrogen (secondary N) is 1. The predicted molar refractivity (Wildman–Crippen MR) is 94.5 cm³/mol. The fourth-order valence-electron chi connectivity index (χ4n) is 3.71. The van der Waals surface area contributed by atoms with Crippen LogP contribution < -0.4 is 10.1 Å². The number of aryl methyl sites for hydroxylation is 1. The van der Waals surface area contributed by atoms with E-state index in [-0.39, 0.29) is 11.9 Å². The van der Waals surface area contributed by atoms with Gasteiger partial charge in [0.15, 0.2) is 0 Å². The number of likely N-dealkylation sites (tertiary alicyclic amines) is 1. The number of amides is 1. The van der Waals surface area contributed by atoms with E-state index >= 15 is 0 Å². The van der Waals surface area contributed by atoms with Gasteiger partial charge in [0.05, 0.1) is 24.9 Å². The number of ether oxygens (including phenoxy) is 2. The van der Waals surface area contributed by atoms with Gasteiger partial charge in [-0.05, 0) is 63.3 Å². The Morgan fingerprint density at radius 2 is 2.25 bits per heavy atom. The Morgan fingerprint density at radius 1 is 1.38 bits per heavy atom. The fraction of sp³-hybridized carbons (Fsp3) is 0.632. The number of hydrogen-bond acceptors (Lipinski definition) is 4. The molecule has 2 aliphatic rings. The van der Waals surface area contributed by atoms with Gasteiger partial charge in [-0.15, -0.1) is 0 Å². The SMILES string of the molecule is COc1ccc(C)cc1NC(=O)[C@@H]1CCCN1CC[C@@H]1CCCO1. The van der Waals surface area contributed by atoms with Crippen molar-refractivity contribution in [2.24, 2.45) is 0 Å². The zero-order valence-corrected chi connectivity index (χ0v) is 14.7. The summed E-state index contributed by atoms with van der Waals surface area (Å²) in [6.45, 7) is 4.84. The number of benzene rings is 1. The van der Waals surface area contributed by atoms with E-state index in [0.29, 0.717) is 11.9 Å². The lowest BCUT2D eigenvalue weighted by Crippen LogP contribution is -2.40. The van der Waals surface area contributed by atoms with Crippen molar-refractivity contribution in [1.82, 2.24) is 4.90 Å². The molecule has 1 N–H and O–H groups in total. The van der Waals surface area contributed by atoms with Gasteiger partial charge >= 0.3 is 0 Å². The van der Waals surface area contributed by atoms with Crippen LogP contribution in [0.4, 0.5) is 5.69 Å². The molecule has 0 bridgehead atoms. The number of methoxy groups -OCH3 is 1. The maximum atomic E-state index is 12.8. The number of rotatable bonds is 6. The second-order valence-corrected chi connectivity index (χ2v) is 6.81. The zero-order valence-electron chi connectivity index (χ0n) is 14.7. The van der Waals surface area contributed by atoms with E-state index < -0.39 is 0 Å². The lowest BCUT2D eigenvalue weighted by molar-refractivity contribution is -0.120. The first-order valence-electron chi connectivity index (χ1n) is 8.98. The minimum Gasteiger partial charge on any atom is -0.495 e. The van der Waals surface area contributed by atoms with Gasteiger partial charge in [0.2, 0.25) is 5.91 Å². The first-order chi connectivity index (χ1) is 11.7. The first kappa shape index (κ1) is 17.2. The van der Waals surface area contributed by atoms with Gasteiger partial charge < -0.3 is 14.8 Å². The molecule has 3 rings (SSSR count). The largest absolute Gasteiger partial charge is 0.495 e. The van der Waals surface area contributed by atoms with Crippen molar-refractivity contribution in [3.8, 4) is 5.75 Å². The van der Waals surface area contributed by atoms with E-state index in [2.05, 4.69) is 10.2 Å². The summed E-state index contributed by atoms with van der Waals surface area (Å²) in [4.78, 5) is 15.1. The van der Waals surface area contributed by atoms with Crippen LogP contribution in [0.3, 0.4) is 0 Å². The van der Waals surface area contributed by atoms with Crippen LogP contribution in [0.25, 0.3) is 0 Å². The monoisotopic (exact) mass is 332 g/mol. The molecule has 0 spiro atoms. The normalized spacial score (nSPS) is 24.2. The summed E-state index contributed by atoms with van der Waals surface area (Å²) in [5.41, 5.74) is 1.86. The average Bonchev–Trinajstić information content (AvgIpc) is 3.24. The van der Waals surface area contributed by atoms with Crippen molar-refractivity contribution in [2.75, 3.05) is 32.1 Å². The minimum absolute atomic E-state index is 0.0448. The molecule has 2 saturated heterocycles. The van der Waals surface area contributed by atoms with E-state index in [1.165, 1.54) is 6.42 Å². The molecule has 2 aliphatic heterocycles. The highest BCUT2D eigenvalue weighted by molar-refractivity contribution is 5.96. The Kier molecular flexibility index (Phi) is 5.74. The molecule has 1 aromatic carbocycles. The van der Waals surface area contributed by atoms with Gasteiger partial charge in [-0.25, -0.2) is 0 Å². The number of carbonyl (C=O) groups is 1. The van der Waals surface area contributed by atoms with Crippen molar-refractivity contribution in [1.29, 1.82) is 0 Å². The van der Waals surface area contributed by atoms with E-state index in [9.17, 15) is 4.79 Å². The minimum atomic E-state index is -0.0448. The van der Waals surface area contributed by atoms with Crippen molar-refractivity contribution >= 4 is 11.6 Å². The molecule has 0 radical (unpaired) electrons. The number of nitrogens with zero attached hydrogens (tertiary/aromatic N) is 1. The van der Waals surface area contributed by atoms with Crippen LogP contribution >= 0.6 is 0 Å². The molecular formula is C19H28N2O3.